The molecule has 0 aromatic rings. The number of amides is 2. The number of nitrogens with two attached hydrogens (primary N) is 1. The van der Waals surface area contributed by atoms with Gasteiger partial charge < -0.3 is 20.3 Å². The van der Waals surface area contributed by atoms with Crippen LogP contribution in [0.2, 0.25) is 0 Å². The Balaban J connectivity index is 1.99. The summed E-state index contributed by atoms with van der Waals surface area (Å²) in [6.45, 7) is 6.75. The molecule has 2 saturated heterocycles. The molecule has 2 aliphatic heterocycles. The van der Waals surface area contributed by atoms with Gasteiger partial charge in [0.2, 0.25) is 11.8 Å². The highest BCUT2D eigenvalue weighted by Crippen LogP contribution is 2.22. The molecule has 0 saturated carbocycles. The summed E-state index contributed by atoms with van der Waals surface area (Å²) in [6.07, 6.45) is 1.92. The molecule has 114 valence electrons. The lowest BCUT2D eigenvalue weighted by molar-refractivity contribution is -0.146. The zero-order valence-electron chi connectivity index (χ0n) is 12.4. The molecule has 0 spiro atoms. The third-order valence-corrected chi connectivity index (χ3v) is 3.79. The summed E-state index contributed by atoms with van der Waals surface area (Å²) in [5, 5.41) is 0. The van der Waals surface area contributed by atoms with E-state index in [2.05, 4.69) is 0 Å². The number of hydrogen-bond acceptors (Lipinski definition) is 4. The van der Waals surface area contributed by atoms with Gasteiger partial charge in [0, 0.05) is 31.6 Å². The average molecular weight is 283 g/mol. The molecule has 1 atom stereocenters. The van der Waals surface area contributed by atoms with Crippen molar-refractivity contribution in [3.63, 3.8) is 0 Å². The first kappa shape index (κ1) is 15.3. The summed E-state index contributed by atoms with van der Waals surface area (Å²) in [5.41, 5.74) is 5.37. The third kappa shape index (κ3) is 3.70. The Bertz CT molecular complexity index is 372. The molecular weight excluding hydrogens is 258 g/mol. The maximum Gasteiger partial charge on any atom is 0.245 e. The van der Waals surface area contributed by atoms with Crippen LogP contribution >= 0.6 is 0 Å². The van der Waals surface area contributed by atoms with Gasteiger partial charge in [0.05, 0.1) is 13.2 Å². The van der Waals surface area contributed by atoms with Crippen molar-refractivity contribution in [1.29, 1.82) is 0 Å². The Kier molecular flexibility index (Phi) is 4.65. The summed E-state index contributed by atoms with van der Waals surface area (Å²) >= 11 is 0. The maximum atomic E-state index is 12.5. The number of nitrogens with zero attached hydrogens (tertiary/aromatic N) is 2. The fraction of sp³-hybridized carbons (Fsp3) is 0.857. The van der Waals surface area contributed by atoms with Gasteiger partial charge in [0.25, 0.3) is 0 Å². The van der Waals surface area contributed by atoms with Gasteiger partial charge in [-0.3, -0.25) is 9.59 Å². The van der Waals surface area contributed by atoms with Crippen molar-refractivity contribution in [3.8, 4) is 0 Å². The Labute approximate surface area is 120 Å². The second-order valence-electron chi connectivity index (χ2n) is 6.35. The van der Waals surface area contributed by atoms with E-state index in [1.807, 2.05) is 18.7 Å². The molecule has 0 radical (unpaired) electrons. The fourth-order valence-corrected chi connectivity index (χ4v) is 2.81. The molecule has 2 aliphatic rings. The van der Waals surface area contributed by atoms with E-state index in [0.717, 1.165) is 12.8 Å². The Hall–Kier alpha value is -1.14. The highest BCUT2D eigenvalue weighted by Gasteiger charge is 2.37. The normalized spacial score (nSPS) is 24.1. The van der Waals surface area contributed by atoms with Crippen LogP contribution in [0, 0.1) is 0 Å². The minimum Gasteiger partial charge on any atom is -0.378 e. The van der Waals surface area contributed by atoms with E-state index in [1.54, 1.807) is 4.90 Å². The zero-order chi connectivity index (χ0) is 14.8. The number of carbonyl (C=O) groups is 2. The molecule has 1 unspecified atom stereocenters. The highest BCUT2D eigenvalue weighted by atomic mass is 16.5. The van der Waals surface area contributed by atoms with Crippen LogP contribution in [0.5, 0.6) is 0 Å². The molecule has 2 amide bonds. The zero-order valence-corrected chi connectivity index (χ0v) is 12.4. The predicted molar refractivity (Wildman–Crippen MR) is 75.0 cm³/mol. The lowest BCUT2D eigenvalue weighted by atomic mass is 10.0. The summed E-state index contributed by atoms with van der Waals surface area (Å²) in [6, 6.07) is -0.303. The van der Waals surface area contributed by atoms with Crippen LogP contribution in [0.3, 0.4) is 0 Å². The molecule has 2 rings (SSSR count). The van der Waals surface area contributed by atoms with E-state index in [4.69, 9.17) is 10.5 Å². The van der Waals surface area contributed by atoms with E-state index in [1.165, 1.54) is 0 Å². The Morgan fingerprint density at radius 2 is 1.90 bits per heavy atom. The summed E-state index contributed by atoms with van der Waals surface area (Å²) in [4.78, 5) is 28.4. The number of carbonyl (C=O) groups excluding carboxylic acids is 2. The first-order valence-corrected chi connectivity index (χ1v) is 7.33. The lowest BCUT2D eigenvalue weighted by Gasteiger charge is -2.33. The minimum absolute atomic E-state index is 0.0124. The number of ether oxygens (including phenoxy) is 1. The third-order valence-electron chi connectivity index (χ3n) is 3.79. The summed E-state index contributed by atoms with van der Waals surface area (Å²) < 4.78 is 5.26. The van der Waals surface area contributed by atoms with E-state index in [0.29, 0.717) is 32.8 Å². The fourth-order valence-electron chi connectivity index (χ4n) is 2.81. The van der Waals surface area contributed by atoms with Gasteiger partial charge in [-0.05, 0) is 26.7 Å². The quantitative estimate of drug-likeness (QED) is 0.789. The van der Waals surface area contributed by atoms with Crippen molar-refractivity contribution >= 4 is 11.8 Å². The SMILES string of the molecule is CC(C)(N)CC(=O)N1CCCC1C(=O)N1CCOCC1. The summed E-state index contributed by atoms with van der Waals surface area (Å²) in [5.74, 6) is 0.0515. The molecule has 20 heavy (non-hydrogen) atoms. The van der Waals surface area contributed by atoms with Gasteiger partial charge in [0.15, 0.2) is 0 Å². The maximum absolute atomic E-state index is 12.5. The van der Waals surface area contributed by atoms with Gasteiger partial charge in [-0.2, -0.15) is 0 Å². The smallest absolute Gasteiger partial charge is 0.245 e. The second-order valence-corrected chi connectivity index (χ2v) is 6.35. The van der Waals surface area contributed by atoms with Crippen LogP contribution in [-0.2, 0) is 14.3 Å². The number of likely N-dealkylation sites (tertiary alicyclic amines) is 1. The monoisotopic (exact) mass is 283 g/mol. The molecule has 6 heteroatoms. The van der Waals surface area contributed by atoms with Crippen LogP contribution in [0.4, 0.5) is 0 Å². The first-order chi connectivity index (χ1) is 9.38. The summed E-state index contributed by atoms with van der Waals surface area (Å²) in [7, 11) is 0. The minimum atomic E-state index is -0.535. The van der Waals surface area contributed by atoms with Crippen molar-refractivity contribution in [2.45, 2.75) is 44.7 Å². The van der Waals surface area contributed by atoms with Crippen molar-refractivity contribution in [2.24, 2.45) is 5.73 Å². The molecule has 0 aliphatic carbocycles. The standard InChI is InChI=1S/C14H25N3O3/c1-14(2,15)10-12(18)17-5-3-4-11(17)13(19)16-6-8-20-9-7-16/h11H,3-10,15H2,1-2H3. The van der Waals surface area contributed by atoms with E-state index in [-0.39, 0.29) is 24.3 Å². The number of rotatable bonds is 3. The van der Waals surface area contributed by atoms with Crippen LogP contribution in [0.1, 0.15) is 33.1 Å². The van der Waals surface area contributed by atoms with Crippen LogP contribution in [0.25, 0.3) is 0 Å². The van der Waals surface area contributed by atoms with Gasteiger partial charge in [0.1, 0.15) is 6.04 Å². The predicted octanol–water partition coefficient (Wildman–Crippen LogP) is -0.0364. The molecule has 2 heterocycles. The number of hydrogen-bond donors (Lipinski definition) is 1. The lowest BCUT2D eigenvalue weighted by Crippen LogP contribution is -2.52. The largest absolute Gasteiger partial charge is 0.378 e. The van der Waals surface area contributed by atoms with Gasteiger partial charge in [-0.25, -0.2) is 0 Å². The van der Waals surface area contributed by atoms with Crippen LogP contribution in [0.15, 0.2) is 0 Å². The Morgan fingerprint density at radius 3 is 2.50 bits per heavy atom. The van der Waals surface area contributed by atoms with E-state index >= 15 is 0 Å². The van der Waals surface area contributed by atoms with Crippen molar-refractivity contribution in [1.82, 2.24) is 9.80 Å². The average Bonchev–Trinajstić information content (AvgIpc) is 2.86. The molecular formula is C14H25N3O3. The Morgan fingerprint density at radius 1 is 1.25 bits per heavy atom. The molecule has 0 bridgehead atoms. The van der Waals surface area contributed by atoms with Crippen LogP contribution in [-0.4, -0.2) is 66.0 Å². The molecule has 2 N–H and O–H groups in total. The first-order valence-electron chi connectivity index (χ1n) is 7.33. The van der Waals surface area contributed by atoms with Gasteiger partial charge in [-0.1, -0.05) is 0 Å². The molecule has 2 fully saturated rings. The topological polar surface area (TPSA) is 75.9 Å². The molecule has 0 aromatic carbocycles. The van der Waals surface area contributed by atoms with Gasteiger partial charge >= 0.3 is 0 Å². The highest BCUT2D eigenvalue weighted by molar-refractivity contribution is 5.88. The van der Waals surface area contributed by atoms with Crippen molar-refractivity contribution in [2.75, 3.05) is 32.8 Å². The second kappa shape index (κ2) is 6.10. The number of morpholine rings is 1. The van der Waals surface area contributed by atoms with Crippen molar-refractivity contribution < 1.29 is 14.3 Å². The van der Waals surface area contributed by atoms with Crippen molar-refractivity contribution in [3.05, 3.63) is 0 Å². The van der Waals surface area contributed by atoms with E-state index in [9.17, 15) is 9.59 Å². The van der Waals surface area contributed by atoms with Crippen LogP contribution < -0.4 is 5.73 Å². The molecule has 6 nitrogen and oxygen atoms in total. The van der Waals surface area contributed by atoms with Gasteiger partial charge in [-0.15, -0.1) is 0 Å². The van der Waals surface area contributed by atoms with E-state index < -0.39 is 5.54 Å². The molecule has 0 aromatic heterocycles.